The van der Waals surface area contributed by atoms with E-state index in [1.165, 1.54) is 0 Å². The molecule has 28 heavy (non-hydrogen) atoms. The largest absolute Gasteiger partial charge is 0.497 e. The lowest BCUT2D eigenvalue weighted by molar-refractivity contribution is -0.120. The fourth-order valence-electron chi connectivity index (χ4n) is 3.49. The first-order valence-corrected chi connectivity index (χ1v) is 10.9. The number of carbonyl (C=O) groups excluding carboxylic acids is 1. The van der Waals surface area contributed by atoms with Gasteiger partial charge in [-0.1, -0.05) is 27.3 Å². The van der Waals surface area contributed by atoms with E-state index in [0.717, 1.165) is 62.8 Å². The molecule has 2 aromatic carbocycles. The molecule has 1 aliphatic heterocycles. The van der Waals surface area contributed by atoms with Gasteiger partial charge in [0.1, 0.15) is 5.75 Å². The fraction of sp³-hybridized carbons (Fsp3) is 0.333. The summed E-state index contributed by atoms with van der Waals surface area (Å²) in [4.78, 5) is 19.7. The summed E-state index contributed by atoms with van der Waals surface area (Å²) in [5, 5.41) is 4.11. The van der Waals surface area contributed by atoms with E-state index in [1.54, 1.807) is 18.4 Å². The molecule has 0 atom stereocenters. The van der Waals surface area contributed by atoms with E-state index in [9.17, 15) is 4.79 Å². The lowest BCUT2D eigenvalue weighted by Gasteiger charge is -2.31. The van der Waals surface area contributed by atoms with Crippen LogP contribution in [0.5, 0.6) is 5.75 Å². The molecule has 1 amide bonds. The van der Waals surface area contributed by atoms with Crippen molar-refractivity contribution in [2.75, 3.05) is 30.4 Å². The van der Waals surface area contributed by atoms with Gasteiger partial charge in [0.2, 0.25) is 5.91 Å². The van der Waals surface area contributed by atoms with Crippen LogP contribution in [0.4, 0.5) is 10.8 Å². The van der Waals surface area contributed by atoms with Crippen LogP contribution in [0.25, 0.3) is 10.2 Å². The fourth-order valence-corrected chi connectivity index (χ4v) is 5.01. The Hall–Kier alpha value is -2.12. The molecule has 0 radical (unpaired) electrons. The van der Waals surface area contributed by atoms with E-state index in [0.29, 0.717) is 0 Å². The molecule has 0 bridgehead atoms. The van der Waals surface area contributed by atoms with Crippen LogP contribution in [0, 0.1) is 12.8 Å². The zero-order valence-electron chi connectivity index (χ0n) is 15.9. The summed E-state index contributed by atoms with van der Waals surface area (Å²) in [6, 6.07) is 11.9. The zero-order valence-corrected chi connectivity index (χ0v) is 18.3. The number of nitrogens with one attached hydrogen (secondary N) is 1. The molecule has 4 rings (SSSR count). The van der Waals surface area contributed by atoms with Crippen molar-refractivity contribution in [1.29, 1.82) is 0 Å². The Bertz CT molecular complexity index is 1010. The number of aryl methyl sites for hydroxylation is 1. The quantitative estimate of drug-likeness (QED) is 0.579. The number of aromatic nitrogens is 1. The minimum Gasteiger partial charge on any atom is -0.497 e. The first-order valence-electron chi connectivity index (χ1n) is 9.30. The number of piperidine rings is 1. The highest BCUT2D eigenvalue weighted by Gasteiger charge is 2.26. The van der Waals surface area contributed by atoms with E-state index < -0.39 is 0 Å². The van der Waals surface area contributed by atoms with Gasteiger partial charge in [0, 0.05) is 29.2 Å². The van der Waals surface area contributed by atoms with Crippen molar-refractivity contribution >= 4 is 54.2 Å². The summed E-state index contributed by atoms with van der Waals surface area (Å²) in [5.74, 6) is 0.995. The predicted molar refractivity (Wildman–Crippen MR) is 119 cm³/mol. The maximum atomic E-state index is 12.7. The molecule has 2 heterocycles. The summed E-state index contributed by atoms with van der Waals surface area (Å²) in [7, 11) is 1.68. The summed E-state index contributed by atoms with van der Waals surface area (Å²) in [6.45, 7) is 3.69. The number of amides is 1. The van der Waals surface area contributed by atoms with Gasteiger partial charge in [-0.05, 0) is 61.7 Å². The molecule has 1 saturated heterocycles. The van der Waals surface area contributed by atoms with Crippen molar-refractivity contribution in [3.05, 3.63) is 46.4 Å². The number of ether oxygens (including phenoxy) is 1. The molecule has 0 unspecified atom stereocenters. The standard InChI is InChI=1S/C21H22BrN3O2S/c1-13-11-15(22)3-5-17(13)23-20(26)14-7-9-25(10-8-14)21-24-18-6-4-16(27-2)12-19(18)28-21/h3-6,11-12,14H,7-10H2,1-2H3,(H,23,26). The highest BCUT2D eigenvalue weighted by molar-refractivity contribution is 9.10. The van der Waals surface area contributed by atoms with Crippen molar-refractivity contribution in [3.8, 4) is 5.75 Å². The highest BCUT2D eigenvalue weighted by atomic mass is 79.9. The lowest BCUT2D eigenvalue weighted by Crippen LogP contribution is -2.38. The van der Waals surface area contributed by atoms with Crippen LogP contribution in [-0.2, 0) is 4.79 Å². The summed E-state index contributed by atoms with van der Waals surface area (Å²) >= 11 is 5.14. The van der Waals surface area contributed by atoms with Gasteiger partial charge in [0.15, 0.2) is 5.13 Å². The number of methoxy groups -OCH3 is 1. The van der Waals surface area contributed by atoms with E-state index in [-0.39, 0.29) is 11.8 Å². The third kappa shape index (κ3) is 4.00. The van der Waals surface area contributed by atoms with Crippen LogP contribution in [0.15, 0.2) is 40.9 Å². The predicted octanol–water partition coefficient (Wildman–Crippen LogP) is 5.23. The molecule has 3 aromatic rings. The second-order valence-electron chi connectivity index (χ2n) is 7.04. The lowest BCUT2D eigenvalue weighted by atomic mass is 9.96. The normalized spacial score (nSPS) is 15.0. The number of halogens is 1. The van der Waals surface area contributed by atoms with Gasteiger partial charge in [0.05, 0.1) is 17.3 Å². The van der Waals surface area contributed by atoms with E-state index in [4.69, 9.17) is 9.72 Å². The molecule has 1 fully saturated rings. The molecule has 5 nitrogen and oxygen atoms in total. The van der Waals surface area contributed by atoms with Gasteiger partial charge in [-0.15, -0.1) is 0 Å². The van der Waals surface area contributed by atoms with Crippen LogP contribution < -0.4 is 15.0 Å². The second-order valence-corrected chi connectivity index (χ2v) is 8.96. The summed E-state index contributed by atoms with van der Waals surface area (Å²) in [6.07, 6.45) is 1.67. The number of fused-ring (bicyclic) bond motifs is 1. The van der Waals surface area contributed by atoms with Crippen LogP contribution in [-0.4, -0.2) is 31.1 Å². The molecule has 146 valence electrons. The highest BCUT2D eigenvalue weighted by Crippen LogP contribution is 2.33. The Labute approximate surface area is 176 Å². The van der Waals surface area contributed by atoms with Gasteiger partial charge < -0.3 is 15.0 Å². The average Bonchev–Trinajstić information content (AvgIpc) is 3.13. The third-order valence-corrected chi connectivity index (χ3v) is 6.74. The minimum atomic E-state index is 0.0359. The topological polar surface area (TPSA) is 54.5 Å². The molecular formula is C21H22BrN3O2S. The van der Waals surface area contributed by atoms with Gasteiger partial charge in [-0.2, -0.15) is 0 Å². The maximum Gasteiger partial charge on any atom is 0.227 e. The number of thiazole rings is 1. The number of hydrogen-bond acceptors (Lipinski definition) is 5. The number of benzene rings is 2. The van der Waals surface area contributed by atoms with Crippen LogP contribution in [0.2, 0.25) is 0 Å². The van der Waals surface area contributed by atoms with Crippen LogP contribution >= 0.6 is 27.3 Å². The van der Waals surface area contributed by atoms with Crippen molar-refractivity contribution in [2.45, 2.75) is 19.8 Å². The van der Waals surface area contributed by atoms with Gasteiger partial charge in [-0.25, -0.2) is 4.98 Å². The number of rotatable bonds is 4. The van der Waals surface area contributed by atoms with Gasteiger partial charge >= 0.3 is 0 Å². The number of carbonyl (C=O) groups is 1. The van der Waals surface area contributed by atoms with Crippen molar-refractivity contribution < 1.29 is 9.53 Å². The van der Waals surface area contributed by atoms with Crippen LogP contribution in [0.1, 0.15) is 18.4 Å². The number of hydrogen-bond donors (Lipinski definition) is 1. The molecule has 1 aliphatic rings. The maximum absolute atomic E-state index is 12.7. The Balaban J connectivity index is 1.39. The van der Waals surface area contributed by atoms with Crippen molar-refractivity contribution in [1.82, 2.24) is 4.98 Å². The smallest absolute Gasteiger partial charge is 0.227 e. The molecule has 0 aliphatic carbocycles. The number of anilines is 2. The first-order chi connectivity index (χ1) is 13.5. The Morgan fingerprint density at radius 3 is 2.75 bits per heavy atom. The van der Waals surface area contributed by atoms with Gasteiger partial charge in [-0.3, -0.25) is 4.79 Å². The zero-order chi connectivity index (χ0) is 19.7. The molecular weight excluding hydrogens is 438 g/mol. The van der Waals surface area contributed by atoms with E-state index >= 15 is 0 Å². The average molecular weight is 460 g/mol. The third-order valence-electron chi connectivity index (χ3n) is 5.17. The van der Waals surface area contributed by atoms with E-state index in [2.05, 4.69) is 26.1 Å². The minimum absolute atomic E-state index is 0.0359. The Morgan fingerprint density at radius 2 is 2.04 bits per heavy atom. The first kappa shape index (κ1) is 19.2. The van der Waals surface area contributed by atoms with Gasteiger partial charge in [0.25, 0.3) is 0 Å². The molecule has 1 N–H and O–H groups in total. The van der Waals surface area contributed by atoms with Crippen LogP contribution in [0.3, 0.4) is 0 Å². The molecule has 1 aromatic heterocycles. The molecule has 0 saturated carbocycles. The summed E-state index contributed by atoms with van der Waals surface area (Å²) in [5.41, 5.74) is 2.94. The second kappa shape index (κ2) is 8.09. The Kier molecular flexibility index (Phi) is 5.55. The number of nitrogens with zero attached hydrogens (tertiary/aromatic N) is 2. The molecule has 0 spiro atoms. The Morgan fingerprint density at radius 1 is 1.25 bits per heavy atom. The van der Waals surface area contributed by atoms with E-state index in [1.807, 2.05) is 43.3 Å². The SMILES string of the molecule is COc1ccc2nc(N3CCC(C(=O)Nc4ccc(Br)cc4C)CC3)sc2c1. The molecule has 7 heteroatoms. The summed E-state index contributed by atoms with van der Waals surface area (Å²) < 4.78 is 7.44. The van der Waals surface area contributed by atoms with Crippen molar-refractivity contribution in [3.63, 3.8) is 0 Å². The monoisotopic (exact) mass is 459 g/mol. The van der Waals surface area contributed by atoms with Crippen molar-refractivity contribution in [2.24, 2.45) is 5.92 Å².